The predicted octanol–water partition coefficient (Wildman–Crippen LogP) is 2.76. The Hall–Kier alpha value is -2.15. The van der Waals surface area contributed by atoms with E-state index in [0.717, 1.165) is 0 Å². The predicted molar refractivity (Wildman–Crippen MR) is 77.9 cm³/mol. The number of hydrogen-bond acceptors (Lipinski definition) is 4. The van der Waals surface area contributed by atoms with E-state index in [1.165, 1.54) is 23.9 Å². The number of aromatic nitrogens is 1. The Morgan fingerprint density at radius 1 is 1.10 bits per heavy atom. The van der Waals surface area contributed by atoms with E-state index >= 15 is 0 Å². The highest BCUT2D eigenvalue weighted by Crippen LogP contribution is 2.29. The molecule has 2 rings (SSSR count). The number of hydrogen-bond donors (Lipinski definition) is 3. The summed E-state index contributed by atoms with van der Waals surface area (Å²) < 4.78 is 0. The van der Waals surface area contributed by atoms with Gasteiger partial charge in [-0.2, -0.15) is 0 Å². The van der Waals surface area contributed by atoms with E-state index in [0.29, 0.717) is 5.69 Å². The molecule has 0 radical (unpaired) electrons. The maximum absolute atomic E-state index is 12.2. The van der Waals surface area contributed by atoms with Crippen LogP contribution in [-0.4, -0.2) is 22.0 Å². The van der Waals surface area contributed by atoms with E-state index in [4.69, 9.17) is 28.4 Å². The van der Waals surface area contributed by atoms with Crippen molar-refractivity contribution >= 4 is 40.7 Å². The summed E-state index contributed by atoms with van der Waals surface area (Å²) >= 11 is 11.8. The van der Waals surface area contributed by atoms with Crippen molar-refractivity contribution in [2.24, 2.45) is 0 Å². The van der Waals surface area contributed by atoms with Gasteiger partial charge in [0.15, 0.2) is 0 Å². The number of benzene rings is 1. The normalized spacial score (nSPS) is 10.0. The molecule has 8 heteroatoms. The summed E-state index contributed by atoms with van der Waals surface area (Å²) in [6, 6.07) is 6.07. The van der Waals surface area contributed by atoms with Crippen LogP contribution < -0.4 is 10.8 Å². The van der Waals surface area contributed by atoms with Crippen LogP contribution in [0.1, 0.15) is 20.7 Å². The van der Waals surface area contributed by atoms with Crippen molar-refractivity contribution in [2.45, 2.75) is 0 Å². The number of hydroxylamine groups is 1. The lowest BCUT2D eigenvalue weighted by molar-refractivity contribution is 0.0703. The van der Waals surface area contributed by atoms with Gasteiger partial charge < -0.3 is 5.32 Å². The fraction of sp³-hybridized carbons (Fsp3) is 0. The van der Waals surface area contributed by atoms with Crippen LogP contribution in [0, 0.1) is 0 Å². The Labute approximate surface area is 129 Å². The minimum atomic E-state index is -0.820. The number of amides is 2. The highest BCUT2D eigenvalue weighted by Gasteiger charge is 2.18. The lowest BCUT2D eigenvalue weighted by Crippen LogP contribution is -2.24. The van der Waals surface area contributed by atoms with Crippen molar-refractivity contribution in [2.75, 3.05) is 5.32 Å². The lowest BCUT2D eigenvalue weighted by Gasteiger charge is -2.10. The molecule has 0 saturated heterocycles. The van der Waals surface area contributed by atoms with Gasteiger partial charge in [0, 0.05) is 12.4 Å². The summed E-state index contributed by atoms with van der Waals surface area (Å²) in [6.45, 7) is 0. The van der Waals surface area contributed by atoms with Crippen molar-refractivity contribution in [1.82, 2.24) is 10.5 Å². The van der Waals surface area contributed by atoms with Gasteiger partial charge in [-0.1, -0.05) is 29.3 Å². The first-order valence-corrected chi connectivity index (χ1v) is 6.44. The molecule has 0 spiro atoms. The van der Waals surface area contributed by atoms with Crippen LogP contribution in [0.15, 0.2) is 36.7 Å². The van der Waals surface area contributed by atoms with Gasteiger partial charge in [0.2, 0.25) is 0 Å². The lowest BCUT2D eigenvalue weighted by atomic mass is 10.1. The molecular formula is C13H9Cl2N3O3. The Morgan fingerprint density at radius 3 is 2.57 bits per heavy atom. The smallest absolute Gasteiger partial charge is 0.275 e. The molecule has 0 aliphatic rings. The van der Waals surface area contributed by atoms with Crippen LogP contribution >= 0.6 is 23.2 Å². The quantitative estimate of drug-likeness (QED) is 0.597. The van der Waals surface area contributed by atoms with Gasteiger partial charge in [-0.3, -0.25) is 19.8 Å². The van der Waals surface area contributed by atoms with Crippen molar-refractivity contribution in [3.63, 3.8) is 0 Å². The number of carbonyl (C=O) groups excluding carboxylic acids is 2. The number of nitrogens with one attached hydrogen (secondary N) is 2. The van der Waals surface area contributed by atoms with Gasteiger partial charge in [0.25, 0.3) is 11.8 Å². The van der Waals surface area contributed by atoms with Gasteiger partial charge in [0.1, 0.15) is 0 Å². The fourth-order valence-corrected chi connectivity index (χ4v) is 1.97. The summed E-state index contributed by atoms with van der Waals surface area (Å²) in [5.74, 6) is -1.43. The van der Waals surface area contributed by atoms with Crippen LogP contribution in [0.4, 0.5) is 5.69 Å². The molecule has 6 nitrogen and oxygen atoms in total. The van der Waals surface area contributed by atoms with Crippen molar-refractivity contribution in [1.29, 1.82) is 0 Å². The van der Waals surface area contributed by atoms with Crippen LogP contribution in [0.3, 0.4) is 0 Å². The molecule has 0 atom stereocenters. The molecule has 1 aromatic heterocycles. The van der Waals surface area contributed by atoms with E-state index in [-0.39, 0.29) is 21.2 Å². The number of anilines is 1. The van der Waals surface area contributed by atoms with Crippen molar-refractivity contribution < 1.29 is 14.8 Å². The minimum Gasteiger partial charge on any atom is -0.321 e. The molecule has 3 N–H and O–H groups in total. The van der Waals surface area contributed by atoms with Crippen molar-refractivity contribution in [3.8, 4) is 0 Å². The zero-order valence-electron chi connectivity index (χ0n) is 10.4. The Kier molecular flexibility index (Phi) is 4.74. The largest absolute Gasteiger partial charge is 0.321 e. The Morgan fingerprint density at radius 2 is 1.86 bits per heavy atom. The van der Waals surface area contributed by atoms with E-state index in [1.807, 2.05) is 0 Å². The Bertz CT molecular complexity index is 707. The highest BCUT2D eigenvalue weighted by molar-refractivity contribution is 6.44. The summed E-state index contributed by atoms with van der Waals surface area (Å²) in [4.78, 5) is 27.5. The third kappa shape index (κ3) is 3.30. The fourth-order valence-electron chi connectivity index (χ4n) is 1.62. The minimum absolute atomic E-state index is 0.0138. The Balaban J connectivity index is 2.33. The van der Waals surface area contributed by atoms with Gasteiger partial charge in [-0.05, 0) is 18.2 Å². The first kappa shape index (κ1) is 15.2. The molecule has 0 unspecified atom stereocenters. The summed E-state index contributed by atoms with van der Waals surface area (Å²) in [5.41, 5.74) is 1.73. The number of rotatable bonds is 3. The third-order valence-electron chi connectivity index (χ3n) is 2.61. The van der Waals surface area contributed by atoms with Crippen LogP contribution in [-0.2, 0) is 0 Å². The second-order valence-corrected chi connectivity index (χ2v) is 4.70. The van der Waals surface area contributed by atoms with Crippen LogP contribution in [0.25, 0.3) is 0 Å². The molecular weight excluding hydrogens is 317 g/mol. The van der Waals surface area contributed by atoms with E-state index < -0.39 is 11.8 Å². The zero-order valence-corrected chi connectivity index (χ0v) is 11.9. The first-order chi connectivity index (χ1) is 10.0. The standard InChI is InChI=1S/C13H9Cl2N3O3/c14-9-2-1-3-10(11(9)15)17-12(19)8-6-16-5-4-7(8)13(20)18-21/h1-6,21H,(H,17,19)(H,18,20). The molecule has 2 amide bonds. The SMILES string of the molecule is O=C(NO)c1ccncc1C(=O)Nc1cccc(Cl)c1Cl. The molecule has 21 heavy (non-hydrogen) atoms. The van der Waals surface area contributed by atoms with E-state index in [1.54, 1.807) is 18.2 Å². The molecule has 0 saturated carbocycles. The molecule has 0 bridgehead atoms. The van der Waals surface area contributed by atoms with E-state index in [2.05, 4.69) is 10.3 Å². The third-order valence-corrected chi connectivity index (χ3v) is 3.43. The maximum Gasteiger partial charge on any atom is 0.275 e. The highest BCUT2D eigenvalue weighted by atomic mass is 35.5. The van der Waals surface area contributed by atoms with Crippen LogP contribution in [0.5, 0.6) is 0 Å². The summed E-state index contributed by atoms with van der Waals surface area (Å²) in [7, 11) is 0. The molecule has 108 valence electrons. The van der Waals surface area contributed by atoms with Gasteiger partial charge in [-0.25, -0.2) is 5.48 Å². The van der Waals surface area contributed by atoms with Crippen LogP contribution in [0.2, 0.25) is 10.0 Å². The molecule has 0 fully saturated rings. The van der Waals surface area contributed by atoms with Crippen molar-refractivity contribution in [3.05, 3.63) is 57.8 Å². The van der Waals surface area contributed by atoms with Gasteiger partial charge in [0.05, 0.1) is 26.9 Å². The summed E-state index contributed by atoms with van der Waals surface area (Å²) in [6.07, 6.45) is 2.53. The topological polar surface area (TPSA) is 91.3 Å². The maximum atomic E-state index is 12.2. The monoisotopic (exact) mass is 325 g/mol. The number of halogens is 2. The second kappa shape index (κ2) is 6.53. The first-order valence-electron chi connectivity index (χ1n) is 5.68. The number of nitrogens with zero attached hydrogens (tertiary/aromatic N) is 1. The van der Waals surface area contributed by atoms with E-state index in [9.17, 15) is 9.59 Å². The molecule has 1 heterocycles. The molecule has 0 aliphatic heterocycles. The molecule has 2 aromatic rings. The second-order valence-electron chi connectivity index (χ2n) is 3.92. The molecule has 1 aromatic carbocycles. The zero-order chi connectivity index (χ0) is 15.4. The number of carbonyl (C=O) groups is 2. The summed E-state index contributed by atoms with van der Waals surface area (Å²) in [5, 5.41) is 11.7. The molecule has 0 aliphatic carbocycles. The average Bonchev–Trinajstić information content (AvgIpc) is 2.51. The average molecular weight is 326 g/mol. The number of pyridine rings is 1. The van der Waals surface area contributed by atoms with Gasteiger partial charge >= 0.3 is 0 Å². The van der Waals surface area contributed by atoms with Gasteiger partial charge in [-0.15, -0.1) is 0 Å².